The number of hydrogen-bond acceptors (Lipinski definition) is 3. The zero-order valence-electron chi connectivity index (χ0n) is 8.29. The van der Waals surface area contributed by atoms with Gasteiger partial charge in [0.15, 0.2) is 0 Å². The van der Waals surface area contributed by atoms with Crippen LogP contribution in [-0.4, -0.2) is 36.8 Å². The molecule has 1 N–H and O–H groups in total. The van der Waals surface area contributed by atoms with Crippen LogP contribution in [0.25, 0.3) is 0 Å². The molecule has 13 heavy (non-hydrogen) atoms. The molecule has 0 aromatic carbocycles. The third-order valence-electron chi connectivity index (χ3n) is 2.78. The highest BCUT2D eigenvalue weighted by atomic mass is 32.2. The third-order valence-corrected chi connectivity index (χ3v) is 4.07. The van der Waals surface area contributed by atoms with Crippen LogP contribution < -0.4 is 5.32 Å². The molecular weight excluding hydrogens is 182 g/mol. The predicted molar refractivity (Wildman–Crippen MR) is 57.3 cm³/mol. The summed E-state index contributed by atoms with van der Waals surface area (Å²) < 4.78 is 5.16. The van der Waals surface area contributed by atoms with Crippen LogP contribution in [0.5, 0.6) is 0 Å². The molecule has 1 saturated carbocycles. The lowest BCUT2D eigenvalue weighted by Crippen LogP contribution is -2.37. The molecule has 2 rings (SSSR count). The largest absolute Gasteiger partial charge is 0.379 e. The van der Waals surface area contributed by atoms with Gasteiger partial charge in [-0.2, -0.15) is 11.8 Å². The Morgan fingerprint density at radius 1 is 1.46 bits per heavy atom. The topological polar surface area (TPSA) is 21.3 Å². The Morgan fingerprint density at radius 2 is 2.23 bits per heavy atom. The molecule has 0 aromatic heterocycles. The molecule has 1 aliphatic heterocycles. The van der Waals surface area contributed by atoms with Crippen molar-refractivity contribution in [1.82, 2.24) is 5.32 Å². The first-order valence-corrected chi connectivity index (χ1v) is 6.37. The Bertz CT molecular complexity index is 157. The van der Waals surface area contributed by atoms with Crippen LogP contribution in [-0.2, 0) is 4.74 Å². The second kappa shape index (κ2) is 4.67. The van der Waals surface area contributed by atoms with Crippen molar-refractivity contribution in [2.24, 2.45) is 5.92 Å². The molecule has 1 heterocycles. The van der Waals surface area contributed by atoms with Gasteiger partial charge in [-0.05, 0) is 25.3 Å². The molecule has 76 valence electrons. The van der Waals surface area contributed by atoms with Crippen LogP contribution in [0.15, 0.2) is 0 Å². The lowest BCUT2D eigenvalue weighted by atomic mass is 10.2. The Hall–Kier alpha value is 0.270. The van der Waals surface area contributed by atoms with Gasteiger partial charge in [0.05, 0.1) is 18.5 Å². The van der Waals surface area contributed by atoms with Crippen molar-refractivity contribution in [3.05, 3.63) is 0 Å². The van der Waals surface area contributed by atoms with Crippen LogP contribution in [0, 0.1) is 5.92 Å². The molecule has 0 bridgehead atoms. The van der Waals surface area contributed by atoms with Crippen molar-refractivity contribution in [3.63, 3.8) is 0 Å². The lowest BCUT2D eigenvalue weighted by molar-refractivity contribution is 0.0455. The standard InChI is InChI=1S/C10H19NOS/c1-2-11-10(8-3-4-8)7-13-9-5-12-6-9/h8-11H,2-7H2,1H3. The molecule has 0 radical (unpaired) electrons. The molecule has 1 aliphatic carbocycles. The Balaban J connectivity index is 1.63. The summed E-state index contributed by atoms with van der Waals surface area (Å²) in [6, 6.07) is 0.774. The van der Waals surface area contributed by atoms with E-state index in [1.807, 2.05) is 0 Å². The van der Waals surface area contributed by atoms with Crippen molar-refractivity contribution in [3.8, 4) is 0 Å². The van der Waals surface area contributed by atoms with E-state index in [9.17, 15) is 0 Å². The molecule has 1 saturated heterocycles. The fourth-order valence-corrected chi connectivity index (χ4v) is 2.93. The summed E-state index contributed by atoms with van der Waals surface area (Å²) in [5, 5.41) is 4.38. The number of hydrogen-bond donors (Lipinski definition) is 1. The summed E-state index contributed by atoms with van der Waals surface area (Å²) in [6.07, 6.45) is 2.89. The van der Waals surface area contributed by atoms with Crippen molar-refractivity contribution in [2.75, 3.05) is 25.5 Å². The van der Waals surface area contributed by atoms with Crippen LogP contribution >= 0.6 is 11.8 Å². The summed E-state index contributed by atoms with van der Waals surface area (Å²) in [5.41, 5.74) is 0. The van der Waals surface area contributed by atoms with Crippen LogP contribution in [0.4, 0.5) is 0 Å². The monoisotopic (exact) mass is 201 g/mol. The van der Waals surface area contributed by atoms with Gasteiger partial charge in [0, 0.05) is 11.8 Å². The minimum absolute atomic E-state index is 0.774. The molecule has 2 nitrogen and oxygen atoms in total. The fourth-order valence-electron chi connectivity index (χ4n) is 1.67. The molecule has 3 heteroatoms. The van der Waals surface area contributed by atoms with E-state index in [-0.39, 0.29) is 0 Å². The first kappa shape index (κ1) is 9.81. The van der Waals surface area contributed by atoms with Crippen LogP contribution in [0.2, 0.25) is 0 Å². The van der Waals surface area contributed by atoms with E-state index in [0.29, 0.717) is 0 Å². The SMILES string of the molecule is CCNC(CSC1COC1)C1CC1. The summed E-state index contributed by atoms with van der Waals surface area (Å²) in [6.45, 7) is 5.28. The molecule has 1 unspecified atom stereocenters. The fraction of sp³-hybridized carbons (Fsp3) is 1.00. The van der Waals surface area contributed by atoms with Gasteiger partial charge < -0.3 is 10.1 Å². The van der Waals surface area contributed by atoms with E-state index in [1.54, 1.807) is 0 Å². The first-order chi connectivity index (χ1) is 6.40. The highest BCUT2D eigenvalue weighted by Gasteiger charge is 2.31. The molecule has 0 spiro atoms. The predicted octanol–water partition coefficient (Wildman–Crippen LogP) is 1.51. The summed E-state index contributed by atoms with van der Waals surface area (Å²) in [7, 11) is 0. The smallest absolute Gasteiger partial charge is 0.0607 e. The van der Waals surface area contributed by atoms with Crippen LogP contribution in [0.3, 0.4) is 0 Å². The molecular formula is C10H19NOS. The van der Waals surface area contributed by atoms with Gasteiger partial charge in [-0.15, -0.1) is 0 Å². The lowest BCUT2D eigenvalue weighted by Gasteiger charge is -2.27. The van der Waals surface area contributed by atoms with Gasteiger partial charge >= 0.3 is 0 Å². The van der Waals surface area contributed by atoms with E-state index in [1.165, 1.54) is 18.6 Å². The molecule has 2 aliphatic rings. The molecule has 0 amide bonds. The van der Waals surface area contributed by atoms with Gasteiger partial charge in [0.1, 0.15) is 0 Å². The normalized spacial score (nSPS) is 25.6. The van der Waals surface area contributed by atoms with Gasteiger partial charge in [0.2, 0.25) is 0 Å². The quantitative estimate of drug-likeness (QED) is 0.704. The third kappa shape index (κ3) is 2.86. The Labute approximate surface area is 84.8 Å². The zero-order chi connectivity index (χ0) is 9.10. The maximum atomic E-state index is 5.16. The van der Waals surface area contributed by atoms with E-state index in [0.717, 1.165) is 37.0 Å². The van der Waals surface area contributed by atoms with Gasteiger partial charge in [-0.25, -0.2) is 0 Å². The number of nitrogens with one attached hydrogen (secondary N) is 1. The van der Waals surface area contributed by atoms with Crippen LogP contribution in [0.1, 0.15) is 19.8 Å². The van der Waals surface area contributed by atoms with Crippen molar-refractivity contribution >= 4 is 11.8 Å². The highest BCUT2D eigenvalue weighted by molar-refractivity contribution is 8.00. The highest BCUT2D eigenvalue weighted by Crippen LogP contribution is 2.35. The number of rotatable bonds is 6. The maximum absolute atomic E-state index is 5.16. The van der Waals surface area contributed by atoms with E-state index >= 15 is 0 Å². The average molecular weight is 201 g/mol. The first-order valence-electron chi connectivity index (χ1n) is 5.33. The summed E-state index contributed by atoms with van der Waals surface area (Å²) in [4.78, 5) is 0. The van der Waals surface area contributed by atoms with E-state index < -0.39 is 0 Å². The van der Waals surface area contributed by atoms with E-state index in [4.69, 9.17) is 4.74 Å². The Kier molecular flexibility index (Phi) is 3.52. The second-order valence-corrected chi connectivity index (χ2v) is 5.33. The van der Waals surface area contributed by atoms with Crippen molar-refractivity contribution in [2.45, 2.75) is 31.1 Å². The molecule has 0 aromatic rings. The number of ether oxygens (including phenoxy) is 1. The minimum Gasteiger partial charge on any atom is -0.379 e. The average Bonchev–Trinajstić information content (AvgIpc) is 2.82. The number of thioether (sulfide) groups is 1. The molecule has 2 fully saturated rings. The summed E-state index contributed by atoms with van der Waals surface area (Å²) in [5.74, 6) is 2.26. The van der Waals surface area contributed by atoms with Gasteiger partial charge in [-0.1, -0.05) is 6.92 Å². The Morgan fingerprint density at radius 3 is 2.69 bits per heavy atom. The molecule has 1 atom stereocenters. The van der Waals surface area contributed by atoms with E-state index in [2.05, 4.69) is 24.0 Å². The second-order valence-electron chi connectivity index (χ2n) is 3.99. The minimum atomic E-state index is 0.774. The van der Waals surface area contributed by atoms with Gasteiger partial charge in [0.25, 0.3) is 0 Å². The maximum Gasteiger partial charge on any atom is 0.0607 e. The van der Waals surface area contributed by atoms with Gasteiger partial charge in [-0.3, -0.25) is 0 Å². The van der Waals surface area contributed by atoms with Crippen molar-refractivity contribution in [1.29, 1.82) is 0 Å². The zero-order valence-corrected chi connectivity index (χ0v) is 9.11. The summed E-state index contributed by atoms with van der Waals surface area (Å²) >= 11 is 2.09. The van der Waals surface area contributed by atoms with Crippen molar-refractivity contribution < 1.29 is 4.74 Å².